The highest BCUT2D eigenvalue weighted by Crippen LogP contribution is 2.34. The maximum Gasteiger partial charge on any atom is 0.416 e. The maximum atomic E-state index is 13.2. The van der Waals surface area contributed by atoms with Crippen molar-refractivity contribution in [2.45, 2.75) is 50.7 Å². The van der Waals surface area contributed by atoms with Crippen LogP contribution in [0.2, 0.25) is 0 Å². The number of halogens is 3. The second-order valence-corrected chi connectivity index (χ2v) is 10.5. The Labute approximate surface area is 216 Å². The summed E-state index contributed by atoms with van der Waals surface area (Å²) in [5, 5.41) is 0. The van der Waals surface area contributed by atoms with Gasteiger partial charge in [0.15, 0.2) is 0 Å². The number of alkyl halides is 3. The van der Waals surface area contributed by atoms with Gasteiger partial charge in [-0.25, -0.2) is 0 Å². The van der Waals surface area contributed by atoms with Crippen LogP contribution in [-0.4, -0.2) is 52.6 Å². The van der Waals surface area contributed by atoms with Crippen LogP contribution in [0.15, 0.2) is 47.4 Å². The predicted octanol–water partition coefficient (Wildman–Crippen LogP) is 5.09. The number of hydrogen-bond donors (Lipinski definition) is 0. The molecule has 7 nitrogen and oxygen atoms in total. The molecule has 1 amide bonds. The van der Waals surface area contributed by atoms with Crippen molar-refractivity contribution in [3.05, 3.63) is 53.6 Å². The lowest BCUT2D eigenvalue weighted by atomic mass is 9.84. The second kappa shape index (κ2) is 12.2. The molecule has 0 bridgehead atoms. The highest BCUT2D eigenvalue weighted by molar-refractivity contribution is 7.87. The van der Waals surface area contributed by atoms with E-state index in [1.54, 1.807) is 17.0 Å². The summed E-state index contributed by atoms with van der Waals surface area (Å²) in [5.41, 5.74) is 0.0260. The van der Waals surface area contributed by atoms with Gasteiger partial charge in [0.1, 0.15) is 10.6 Å². The van der Waals surface area contributed by atoms with Crippen LogP contribution in [0.3, 0.4) is 0 Å². The standard InChI is InChI=1S/C26H33F3N2O5S/c1-4-30(5-2)22-13-12-20(18-31(14-15-35-3)25(32)19-8-6-9-19)24(17-22)36-37(33,34)23-11-7-10-21(16-23)26(27,28)29/h7,10-13,16-17,19H,4-6,8-9,14-15,18H2,1-3H3. The Morgan fingerprint density at radius 2 is 1.78 bits per heavy atom. The molecule has 11 heteroatoms. The zero-order valence-corrected chi connectivity index (χ0v) is 22.1. The molecule has 0 radical (unpaired) electrons. The summed E-state index contributed by atoms with van der Waals surface area (Å²) in [5.74, 6) is -0.154. The summed E-state index contributed by atoms with van der Waals surface area (Å²) < 4.78 is 76.4. The summed E-state index contributed by atoms with van der Waals surface area (Å²) in [7, 11) is -3.08. The van der Waals surface area contributed by atoms with E-state index in [0.29, 0.717) is 43.6 Å². The minimum Gasteiger partial charge on any atom is -0.383 e. The van der Waals surface area contributed by atoms with Gasteiger partial charge in [-0.2, -0.15) is 21.6 Å². The number of hydrogen-bond acceptors (Lipinski definition) is 6. The van der Waals surface area contributed by atoms with Crippen molar-refractivity contribution in [3.63, 3.8) is 0 Å². The molecular weight excluding hydrogens is 509 g/mol. The van der Waals surface area contributed by atoms with Gasteiger partial charge in [-0.15, -0.1) is 0 Å². The monoisotopic (exact) mass is 542 g/mol. The molecule has 0 heterocycles. The smallest absolute Gasteiger partial charge is 0.383 e. The molecule has 37 heavy (non-hydrogen) atoms. The van der Waals surface area contributed by atoms with Gasteiger partial charge in [0.2, 0.25) is 5.91 Å². The Hall–Kier alpha value is -2.79. The molecule has 0 atom stereocenters. The molecule has 3 rings (SSSR count). The van der Waals surface area contributed by atoms with Gasteiger partial charge in [-0.05, 0) is 51.0 Å². The van der Waals surface area contributed by atoms with Crippen molar-refractivity contribution in [1.29, 1.82) is 0 Å². The van der Waals surface area contributed by atoms with Crippen LogP contribution in [0.4, 0.5) is 18.9 Å². The molecule has 1 fully saturated rings. The highest BCUT2D eigenvalue weighted by Gasteiger charge is 2.33. The molecule has 0 spiro atoms. The third kappa shape index (κ3) is 7.16. The first kappa shape index (κ1) is 28.8. The van der Waals surface area contributed by atoms with Crippen molar-refractivity contribution >= 4 is 21.7 Å². The van der Waals surface area contributed by atoms with E-state index in [9.17, 15) is 26.4 Å². The van der Waals surface area contributed by atoms with Crippen molar-refractivity contribution in [2.75, 3.05) is 38.3 Å². The second-order valence-electron chi connectivity index (χ2n) is 8.91. The Kier molecular flexibility index (Phi) is 9.46. The number of benzene rings is 2. The Bertz CT molecular complexity index is 1180. The van der Waals surface area contributed by atoms with Gasteiger partial charge < -0.3 is 18.7 Å². The number of carbonyl (C=O) groups is 1. The van der Waals surface area contributed by atoms with Crippen LogP contribution in [0, 0.1) is 5.92 Å². The largest absolute Gasteiger partial charge is 0.416 e. The Morgan fingerprint density at radius 3 is 2.35 bits per heavy atom. The lowest BCUT2D eigenvalue weighted by molar-refractivity contribution is -0.139. The van der Waals surface area contributed by atoms with E-state index in [0.717, 1.165) is 37.5 Å². The van der Waals surface area contributed by atoms with Crippen molar-refractivity contribution in [1.82, 2.24) is 4.90 Å². The van der Waals surface area contributed by atoms with E-state index >= 15 is 0 Å². The minimum atomic E-state index is -4.71. The van der Waals surface area contributed by atoms with Gasteiger partial charge in [0, 0.05) is 56.5 Å². The fraction of sp³-hybridized carbons (Fsp3) is 0.500. The molecule has 204 valence electrons. The summed E-state index contributed by atoms with van der Waals surface area (Å²) in [6.07, 6.45) is -2.12. The number of methoxy groups -OCH3 is 1. The van der Waals surface area contributed by atoms with E-state index in [2.05, 4.69) is 0 Å². The summed E-state index contributed by atoms with van der Waals surface area (Å²) in [6, 6.07) is 8.49. The van der Waals surface area contributed by atoms with E-state index in [-0.39, 0.29) is 24.1 Å². The van der Waals surface area contributed by atoms with Crippen LogP contribution >= 0.6 is 0 Å². The third-order valence-electron chi connectivity index (χ3n) is 6.52. The van der Waals surface area contributed by atoms with Gasteiger partial charge in [-0.3, -0.25) is 4.79 Å². The van der Waals surface area contributed by atoms with Gasteiger partial charge >= 0.3 is 16.3 Å². The molecule has 0 aromatic heterocycles. The van der Waals surface area contributed by atoms with Crippen molar-refractivity contribution in [2.24, 2.45) is 5.92 Å². The average molecular weight is 543 g/mol. The highest BCUT2D eigenvalue weighted by atomic mass is 32.2. The molecule has 2 aromatic carbocycles. The lowest BCUT2D eigenvalue weighted by Crippen LogP contribution is -2.40. The van der Waals surface area contributed by atoms with Gasteiger partial charge in [0.25, 0.3) is 0 Å². The zero-order valence-electron chi connectivity index (χ0n) is 21.3. The van der Waals surface area contributed by atoms with Crippen LogP contribution in [0.25, 0.3) is 0 Å². The summed E-state index contributed by atoms with van der Waals surface area (Å²) in [6.45, 7) is 5.87. The average Bonchev–Trinajstić information content (AvgIpc) is 2.82. The number of carbonyl (C=O) groups excluding carboxylic acids is 1. The number of nitrogens with zero attached hydrogens (tertiary/aromatic N) is 2. The van der Waals surface area contributed by atoms with E-state index in [4.69, 9.17) is 8.92 Å². The first-order chi connectivity index (χ1) is 17.5. The Balaban J connectivity index is 2.00. The molecule has 1 aliphatic rings. The van der Waals surface area contributed by atoms with Crippen molar-refractivity contribution in [3.8, 4) is 5.75 Å². The lowest BCUT2D eigenvalue weighted by Gasteiger charge is -2.32. The van der Waals surface area contributed by atoms with Gasteiger partial charge in [-0.1, -0.05) is 18.6 Å². The number of amides is 1. The summed E-state index contributed by atoms with van der Waals surface area (Å²) in [4.78, 5) is 16.0. The normalized spacial score (nSPS) is 14.2. The SMILES string of the molecule is CCN(CC)c1ccc(CN(CCOC)C(=O)C2CCC2)c(OS(=O)(=O)c2cccc(C(F)(F)F)c2)c1. The first-order valence-corrected chi connectivity index (χ1v) is 13.7. The number of anilines is 1. The third-order valence-corrected chi connectivity index (χ3v) is 7.75. The molecule has 0 unspecified atom stereocenters. The van der Waals surface area contributed by atoms with Crippen LogP contribution in [0.5, 0.6) is 5.75 Å². The molecular formula is C26H33F3N2O5S. The predicted molar refractivity (Wildman–Crippen MR) is 134 cm³/mol. The fourth-order valence-electron chi connectivity index (χ4n) is 4.12. The van der Waals surface area contributed by atoms with Crippen LogP contribution in [0.1, 0.15) is 44.2 Å². The number of rotatable bonds is 12. The van der Waals surface area contributed by atoms with Crippen LogP contribution in [-0.2, 0) is 32.4 Å². The van der Waals surface area contributed by atoms with E-state index in [1.165, 1.54) is 7.11 Å². The van der Waals surface area contributed by atoms with E-state index < -0.39 is 26.8 Å². The zero-order chi connectivity index (χ0) is 27.2. The molecule has 0 aliphatic heterocycles. The van der Waals surface area contributed by atoms with E-state index in [1.807, 2.05) is 24.8 Å². The molecule has 1 aliphatic carbocycles. The molecule has 1 saturated carbocycles. The van der Waals surface area contributed by atoms with Gasteiger partial charge in [0.05, 0.1) is 12.2 Å². The minimum absolute atomic E-state index is 0.0364. The maximum absolute atomic E-state index is 13.2. The van der Waals surface area contributed by atoms with Crippen LogP contribution < -0.4 is 9.08 Å². The fourth-order valence-corrected chi connectivity index (χ4v) is 5.12. The first-order valence-electron chi connectivity index (χ1n) is 12.3. The Morgan fingerprint density at radius 1 is 1.08 bits per heavy atom. The summed E-state index contributed by atoms with van der Waals surface area (Å²) >= 11 is 0. The quantitative estimate of drug-likeness (QED) is 0.348. The topological polar surface area (TPSA) is 76.2 Å². The number of ether oxygens (including phenoxy) is 1. The molecule has 2 aromatic rings. The van der Waals surface area contributed by atoms with Crippen molar-refractivity contribution < 1.29 is 35.3 Å². The molecule has 0 saturated heterocycles. The molecule has 0 N–H and O–H groups in total.